The molecule has 0 bridgehead atoms. The van der Waals surface area contributed by atoms with Crippen molar-refractivity contribution in [3.63, 3.8) is 0 Å². The molecule has 2 heterocycles. The van der Waals surface area contributed by atoms with Gasteiger partial charge in [0, 0.05) is 25.9 Å². The number of piperidine rings is 1. The van der Waals surface area contributed by atoms with E-state index in [4.69, 9.17) is 4.74 Å². The Hall–Kier alpha value is -1.36. The summed E-state index contributed by atoms with van der Waals surface area (Å²) in [7, 11) is 3.65. The van der Waals surface area contributed by atoms with Gasteiger partial charge >= 0.3 is 0 Å². The van der Waals surface area contributed by atoms with E-state index in [-0.39, 0.29) is 0 Å². The Morgan fingerprint density at radius 1 is 1.59 bits per heavy atom. The first-order valence-electron chi connectivity index (χ1n) is 6.08. The van der Waals surface area contributed by atoms with Gasteiger partial charge < -0.3 is 15.0 Å². The predicted molar refractivity (Wildman–Crippen MR) is 67.4 cm³/mol. The van der Waals surface area contributed by atoms with Crippen molar-refractivity contribution in [2.45, 2.75) is 12.8 Å². The fourth-order valence-corrected chi connectivity index (χ4v) is 2.18. The summed E-state index contributed by atoms with van der Waals surface area (Å²) in [5.41, 5.74) is 0. The van der Waals surface area contributed by atoms with Gasteiger partial charge in [-0.2, -0.15) is 4.98 Å². The minimum atomic E-state index is 0.614. The van der Waals surface area contributed by atoms with Crippen LogP contribution in [-0.2, 0) is 0 Å². The van der Waals surface area contributed by atoms with Crippen LogP contribution in [0.1, 0.15) is 12.8 Å². The molecule has 2 rings (SSSR count). The van der Waals surface area contributed by atoms with Gasteiger partial charge in [0.2, 0.25) is 11.8 Å². The van der Waals surface area contributed by atoms with Gasteiger partial charge in [0.1, 0.15) is 0 Å². The van der Waals surface area contributed by atoms with Crippen LogP contribution >= 0.6 is 0 Å². The molecule has 5 heteroatoms. The second-order valence-electron chi connectivity index (χ2n) is 4.49. The number of rotatable bonds is 4. The zero-order chi connectivity index (χ0) is 12.1. The number of hydrogen-bond acceptors (Lipinski definition) is 5. The zero-order valence-corrected chi connectivity index (χ0v) is 10.5. The smallest absolute Gasteiger partial charge is 0.228 e. The van der Waals surface area contributed by atoms with Gasteiger partial charge in [-0.3, -0.25) is 0 Å². The maximum atomic E-state index is 5.10. The quantitative estimate of drug-likeness (QED) is 0.842. The molecule has 5 nitrogen and oxygen atoms in total. The summed E-state index contributed by atoms with van der Waals surface area (Å²) >= 11 is 0. The lowest BCUT2D eigenvalue weighted by Gasteiger charge is -2.27. The summed E-state index contributed by atoms with van der Waals surface area (Å²) in [4.78, 5) is 10.7. The Labute approximate surface area is 102 Å². The van der Waals surface area contributed by atoms with Gasteiger partial charge in [0.15, 0.2) is 0 Å². The van der Waals surface area contributed by atoms with Crippen LogP contribution < -0.4 is 15.0 Å². The van der Waals surface area contributed by atoms with Crippen LogP contribution in [0.4, 0.5) is 5.95 Å². The first kappa shape index (κ1) is 12.1. The molecule has 0 aromatic carbocycles. The minimum absolute atomic E-state index is 0.614. The number of nitrogens with zero attached hydrogens (tertiary/aromatic N) is 3. The highest BCUT2D eigenvalue weighted by atomic mass is 16.5. The molecule has 1 aliphatic rings. The molecule has 1 aromatic rings. The topological polar surface area (TPSA) is 50.3 Å². The molecule has 1 unspecified atom stereocenters. The van der Waals surface area contributed by atoms with Crippen LogP contribution in [0.15, 0.2) is 12.3 Å². The van der Waals surface area contributed by atoms with Gasteiger partial charge in [0.25, 0.3) is 0 Å². The van der Waals surface area contributed by atoms with Gasteiger partial charge in [-0.25, -0.2) is 4.98 Å². The average Bonchev–Trinajstić information content (AvgIpc) is 2.40. The van der Waals surface area contributed by atoms with E-state index < -0.39 is 0 Å². The van der Waals surface area contributed by atoms with E-state index in [1.165, 1.54) is 12.8 Å². The molecular formula is C12H20N4O. The number of methoxy groups -OCH3 is 1. The summed E-state index contributed by atoms with van der Waals surface area (Å²) in [5.74, 6) is 2.03. The molecule has 0 radical (unpaired) electrons. The normalized spacial score (nSPS) is 20.0. The van der Waals surface area contributed by atoms with Crippen molar-refractivity contribution in [1.29, 1.82) is 0 Å². The summed E-state index contributed by atoms with van der Waals surface area (Å²) in [6.07, 6.45) is 4.27. The van der Waals surface area contributed by atoms with Crippen LogP contribution in [0, 0.1) is 5.92 Å². The fourth-order valence-electron chi connectivity index (χ4n) is 2.18. The monoisotopic (exact) mass is 236 g/mol. The van der Waals surface area contributed by atoms with Crippen molar-refractivity contribution < 1.29 is 4.74 Å². The Morgan fingerprint density at radius 3 is 3.18 bits per heavy atom. The first-order valence-corrected chi connectivity index (χ1v) is 6.08. The maximum Gasteiger partial charge on any atom is 0.228 e. The third-order valence-corrected chi connectivity index (χ3v) is 3.10. The Kier molecular flexibility index (Phi) is 4.14. The van der Waals surface area contributed by atoms with Crippen LogP contribution in [0.5, 0.6) is 5.88 Å². The third-order valence-electron chi connectivity index (χ3n) is 3.10. The molecule has 1 atom stereocenters. The van der Waals surface area contributed by atoms with Crippen LogP contribution in [-0.4, -0.2) is 43.8 Å². The van der Waals surface area contributed by atoms with E-state index >= 15 is 0 Å². The second kappa shape index (κ2) is 5.82. The SMILES string of the molecule is COc1ccnc(N(C)CC2CCCNC2)n1. The highest BCUT2D eigenvalue weighted by Gasteiger charge is 2.16. The second-order valence-corrected chi connectivity index (χ2v) is 4.49. The summed E-state index contributed by atoms with van der Waals surface area (Å²) in [6, 6.07) is 1.76. The Balaban J connectivity index is 1.95. The van der Waals surface area contributed by atoms with Crippen LogP contribution in [0.2, 0.25) is 0 Å². The highest BCUT2D eigenvalue weighted by Crippen LogP contribution is 2.15. The van der Waals surface area contributed by atoms with E-state index in [0.717, 1.165) is 25.6 Å². The maximum absolute atomic E-state index is 5.10. The molecule has 0 amide bonds. The van der Waals surface area contributed by atoms with Crippen LogP contribution in [0.3, 0.4) is 0 Å². The molecule has 1 N–H and O–H groups in total. The zero-order valence-electron chi connectivity index (χ0n) is 10.5. The van der Waals surface area contributed by atoms with Crippen molar-refractivity contribution in [1.82, 2.24) is 15.3 Å². The van der Waals surface area contributed by atoms with E-state index in [0.29, 0.717) is 11.8 Å². The molecule has 0 saturated carbocycles. The molecular weight excluding hydrogens is 216 g/mol. The molecule has 0 spiro atoms. The minimum Gasteiger partial charge on any atom is -0.481 e. The largest absolute Gasteiger partial charge is 0.481 e. The number of nitrogens with one attached hydrogen (secondary N) is 1. The van der Waals surface area contributed by atoms with Crippen molar-refractivity contribution in [3.8, 4) is 5.88 Å². The first-order chi connectivity index (χ1) is 8.29. The Morgan fingerprint density at radius 2 is 2.47 bits per heavy atom. The molecule has 17 heavy (non-hydrogen) atoms. The van der Waals surface area contributed by atoms with Crippen molar-refractivity contribution >= 4 is 5.95 Å². The number of hydrogen-bond donors (Lipinski definition) is 1. The predicted octanol–water partition coefficient (Wildman–Crippen LogP) is 0.921. The van der Waals surface area contributed by atoms with Gasteiger partial charge in [-0.05, 0) is 31.8 Å². The molecule has 94 valence electrons. The van der Waals surface area contributed by atoms with Gasteiger partial charge in [-0.15, -0.1) is 0 Å². The van der Waals surface area contributed by atoms with Crippen molar-refractivity contribution in [2.24, 2.45) is 5.92 Å². The number of ether oxygens (including phenoxy) is 1. The molecule has 1 saturated heterocycles. The fraction of sp³-hybridized carbons (Fsp3) is 0.667. The van der Waals surface area contributed by atoms with E-state index in [1.807, 2.05) is 7.05 Å². The molecule has 1 aliphatic heterocycles. The molecule has 1 fully saturated rings. The summed E-state index contributed by atoms with van der Waals surface area (Å²) < 4.78 is 5.10. The Bertz CT molecular complexity index is 352. The van der Waals surface area contributed by atoms with Gasteiger partial charge in [0.05, 0.1) is 7.11 Å². The summed E-state index contributed by atoms with van der Waals surface area (Å²) in [5, 5.41) is 3.42. The number of anilines is 1. The number of aromatic nitrogens is 2. The van der Waals surface area contributed by atoms with E-state index in [9.17, 15) is 0 Å². The summed E-state index contributed by atoms with van der Waals surface area (Å²) in [6.45, 7) is 3.23. The van der Waals surface area contributed by atoms with Gasteiger partial charge in [-0.1, -0.05) is 0 Å². The van der Waals surface area contributed by atoms with Crippen LogP contribution in [0.25, 0.3) is 0 Å². The third kappa shape index (κ3) is 3.30. The van der Waals surface area contributed by atoms with Crippen molar-refractivity contribution in [2.75, 3.05) is 38.7 Å². The lowest BCUT2D eigenvalue weighted by molar-refractivity contribution is 0.377. The highest BCUT2D eigenvalue weighted by molar-refractivity contribution is 5.30. The van der Waals surface area contributed by atoms with Crippen molar-refractivity contribution in [3.05, 3.63) is 12.3 Å². The molecule has 0 aliphatic carbocycles. The average molecular weight is 236 g/mol. The lowest BCUT2D eigenvalue weighted by atomic mass is 9.99. The standard InChI is InChI=1S/C12H20N4O/c1-16(9-10-4-3-6-13-8-10)12-14-7-5-11(15-12)17-2/h5,7,10,13H,3-4,6,8-9H2,1-2H3. The van der Waals surface area contributed by atoms with E-state index in [2.05, 4.69) is 20.2 Å². The van der Waals surface area contributed by atoms with E-state index in [1.54, 1.807) is 19.4 Å². The lowest BCUT2D eigenvalue weighted by Crippen LogP contribution is -2.37. The molecule has 1 aromatic heterocycles.